The smallest absolute Gasteiger partial charge is 0.169 e. The molecule has 0 saturated carbocycles. The zero-order chi connectivity index (χ0) is 9.97. The number of hydrogen-bond acceptors (Lipinski definition) is 3. The number of aromatic amines is 1. The van der Waals surface area contributed by atoms with E-state index in [1.165, 1.54) is 0 Å². The fourth-order valence-electron chi connectivity index (χ4n) is 1.18. The van der Waals surface area contributed by atoms with Crippen LogP contribution in [0, 0.1) is 0 Å². The van der Waals surface area contributed by atoms with Crippen LogP contribution in [0.1, 0.15) is 6.92 Å². The van der Waals surface area contributed by atoms with Gasteiger partial charge in [0.15, 0.2) is 10.4 Å². The Bertz CT molecular complexity index is 421. The normalized spacial score (nSPS) is 10.4. The van der Waals surface area contributed by atoms with E-state index >= 15 is 0 Å². The van der Waals surface area contributed by atoms with Crippen LogP contribution in [0.2, 0.25) is 0 Å². The minimum absolute atomic E-state index is 0.715. The van der Waals surface area contributed by atoms with E-state index in [1.54, 1.807) is 0 Å². The van der Waals surface area contributed by atoms with Crippen molar-refractivity contribution in [3.8, 4) is 11.5 Å². The highest BCUT2D eigenvalue weighted by Gasteiger charge is 2.06. The van der Waals surface area contributed by atoms with Crippen molar-refractivity contribution in [1.29, 1.82) is 0 Å². The molecule has 14 heavy (non-hydrogen) atoms. The average molecular weight is 256 g/mol. The highest BCUT2D eigenvalue weighted by molar-refractivity contribution is 9.10. The molecule has 0 aromatic carbocycles. The molecule has 5 heteroatoms. The summed E-state index contributed by atoms with van der Waals surface area (Å²) in [6.07, 6.45) is 0. The molecule has 0 aliphatic rings. The maximum Gasteiger partial charge on any atom is 0.169 e. The van der Waals surface area contributed by atoms with Gasteiger partial charge in [0.1, 0.15) is 11.5 Å². The lowest BCUT2D eigenvalue weighted by atomic mass is 10.3. The first-order valence-electron chi connectivity index (χ1n) is 4.34. The third-order valence-corrected chi connectivity index (χ3v) is 2.20. The van der Waals surface area contributed by atoms with E-state index in [0.29, 0.717) is 4.67 Å². The van der Waals surface area contributed by atoms with Crippen LogP contribution in [0.25, 0.3) is 11.5 Å². The summed E-state index contributed by atoms with van der Waals surface area (Å²) in [5.74, 6) is 1.60. The average Bonchev–Trinajstić information content (AvgIpc) is 2.74. The zero-order valence-electron chi connectivity index (χ0n) is 7.67. The van der Waals surface area contributed by atoms with Crippen LogP contribution in [0.15, 0.2) is 27.3 Å². The summed E-state index contributed by atoms with van der Waals surface area (Å²) in [4.78, 5) is 0. The zero-order valence-corrected chi connectivity index (χ0v) is 9.26. The van der Waals surface area contributed by atoms with Gasteiger partial charge in [-0.3, -0.25) is 5.10 Å². The first-order chi connectivity index (χ1) is 6.79. The molecule has 2 rings (SSSR count). The molecule has 0 unspecified atom stereocenters. The van der Waals surface area contributed by atoms with Crippen molar-refractivity contribution in [1.82, 2.24) is 10.2 Å². The summed E-state index contributed by atoms with van der Waals surface area (Å²) in [5.41, 5.74) is 0.867. The molecular formula is C9H10BrN3O. The number of hydrogen-bond donors (Lipinski definition) is 2. The van der Waals surface area contributed by atoms with Crippen LogP contribution >= 0.6 is 15.9 Å². The van der Waals surface area contributed by atoms with Gasteiger partial charge in [0.25, 0.3) is 0 Å². The monoisotopic (exact) mass is 255 g/mol. The Morgan fingerprint density at radius 2 is 2.43 bits per heavy atom. The van der Waals surface area contributed by atoms with Gasteiger partial charge in [-0.1, -0.05) is 0 Å². The lowest BCUT2D eigenvalue weighted by Crippen LogP contribution is -1.95. The number of furan rings is 1. The summed E-state index contributed by atoms with van der Waals surface area (Å²) >= 11 is 3.25. The fraction of sp³-hybridized carbons (Fsp3) is 0.222. The molecule has 74 valence electrons. The summed E-state index contributed by atoms with van der Waals surface area (Å²) < 4.78 is 6.09. The maximum atomic E-state index is 5.38. The predicted molar refractivity (Wildman–Crippen MR) is 58.2 cm³/mol. The second-order valence-corrected chi connectivity index (χ2v) is 3.58. The van der Waals surface area contributed by atoms with Crippen molar-refractivity contribution in [3.63, 3.8) is 0 Å². The van der Waals surface area contributed by atoms with Crippen molar-refractivity contribution < 1.29 is 4.42 Å². The van der Waals surface area contributed by atoms with E-state index in [0.717, 1.165) is 23.8 Å². The second-order valence-electron chi connectivity index (χ2n) is 2.80. The van der Waals surface area contributed by atoms with E-state index in [9.17, 15) is 0 Å². The Kier molecular flexibility index (Phi) is 2.58. The molecule has 0 radical (unpaired) electrons. The van der Waals surface area contributed by atoms with Crippen LogP contribution in [0.5, 0.6) is 0 Å². The van der Waals surface area contributed by atoms with Crippen LogP contribution in [-0.2, 0) is 0 Å². The number of aromatic nitrogens is 2. The van der Waals surface area contributed by atoms with Gasteiger partial charge in [0, 0.05) is 12.6 Å². The number of rotatable bonds is 3. The minimum atomic E-state index is 0.715. The molecule has 0 amide bonds. The number of halogens is 1. The van der Waals surface area contributed by atoms with Gasteiger partial charge in [-0.15, -0.1) is 0 Å². The molecular weight excluding hydrogens is 246 g/mol. The SMILES string of the molecule is CCNc1cc(-c2ccc(Br)o2)[nH]n1. The van der Waals surface area contributed by atoms with Gasteiger partial charge in [-0.2, -0.15) is 5.10 Å². The number of anilines is 1. The molecule has 2 aromatic rings. The Hall–Kier alpha value is -1.23. The van der Waals surface area contributed by atoms with Gasteiger partial charge < -0.3 is 9.73 Å². The highest BCUT2D eigenvalue weighted by Crippen LogP contribution is 2.24. The van der Waals surface area contributed by atoms with Gasteiger partial charge >= 0.3 is 0 Å². The van der Waals surface area contributed by atoms with Gasteiger partial charge in [0.2, 0.25) is 0 Å². The van der Waals surface area contributed by atoms with Crippen molar-refractivity contribution in [2.75, 3.05) is 11.9 Å². The topological polar surface area (TPSA) is 53.9 Å². The van der Waals surface area contributed by atoms with Crippen molar-refractivity contribution in [2.24, 2.45) is 0 Å². The first-order valence-corrected chi connectivity index (χ1v) is 5.14. The van der Waals surface area contributed by atoms with Gasteiger partial charge in [0.05, 0.1) is 0 Å². The van der Waals surface area contributed by atoms with Gasteiger partial charge in [-0.25, -0.2) is 0 Å². The van der Waals surface area contributed by atoms with E-state index in [1.807, 2.05) is 25.1 Å². The molecule has 0 aliphatic carbocycles. The lowest BCUT2D eigenvalue weighted by molar-refractivity contribution is 0.553. The third-order valence-electron chi connectivity index (χ3n) is 1.77. The molecule has 0 bridgehead atoms. The molecule has 2 aromatic heterocycles. The largest absolute Gasteiger partial charge is 0.448 e. The fourth-order valence-corrected chi connectivity index (χ4v) is 1.49. The molecule has 0 fully saturated rings. The van der Waals surface area contributed by atoms with Crippen LogP contribution in [0.3, 0.4) is 0 Å². The molecule has 2 N–H and O–H groups in total. The summed E-state index contributed by atoms with van der Waals surface area (Å²) in [5, 5.41) is 10.1. The lowest BCUT2D eigenvalue weighted by Gasteiger charge is -1.92. The standard InChI is InChI=1S/C9H10BrN3O/c1-2-11-9-5-6(12-13-9)7-3-4-8(10)14-7/h3-5H,2H2,1H3,(H2,11,12,13). The van der Waals surface area contributed by atoms with Crippen molar-refractivity contribution in [2.45, 2.75) is 6.92 Å². The van der Waals surface area contributed by atoms with Crippen molar-refractivity contribution in [3.05, 3.63) is 22.9 Å². The number of nitrogens with one attached hydrogen (secondary N) is 2. The summed E-state index contributed by atoms with van der Waals surface area (Å²) in [7, 11) is 0. The predicted octanol–water partition coefficient (Wildman–Crippen LogP) is 2.86. The Morgan fingerprint density at radius 3 is 3.07 bits per heavy atom. The molecule has 0 atom stereocenters. The molecule has 0 aliphatic heterocycles. The number of H-pyrrole nitrogens is 1. The second kappa shape index (κ2) is 3.88. The minimum Gasteiger partial charge on any atom is -0.448 e. The quantitative estimate of drug-likeness (QED) is 0.887. The Labute approximate surface area is 89.8 Å². The summed E-state index contributed by atoms with van der Waals surface area (Å²) in [6.45, 7) is 2.88. The van der Waals surface area contributed by atoms with Crippen LogP contribution < -0.4 is 5.32 Å². The Morgan fingerprint density at radius 1 is 1.57 bits per heavy atom. The van der Waals surface area contributed by atoms with Crippen molar-refractivity contribution >= 4 is 21.7 Å². The molecule has 2 heterocycles. The van der Waals surface area contributed by atoms with E-state index in [2.05, 4.69) is 31.4 Å². The molecule has 4 nitrogen and oxygen atoms in total. The first kappa shape index (κ1) is 9.33. The van der Waals surface area contributed by atoms with E-state index in [-0.39, 0.29) is 0 Å². The molecule has 0 spiro atoms. The van der Waals surface area contributed by atoms with E-state index < -0.39 is 0 Å². The Balaban J connectivity index is 2.24. The third kappa shape index (κ3) is 1.82. The van der Waals surface area contributed by atoms with E-state index in [4.69, 9.17) is 4.42 Å². The highest BCUT2D eigenvalue weighted by atomic mass is 79.9. The number of nitrogens with zero attached hydrogens (tertiary/aromatic N) is 1. The summed E-state index contributed by atoms with van der Waals surface area (Å²) in [6, 6.07) is 5.64. The maximum absolute atomic E-state index is 5.38. The van der Waals surface area contributed by atoms with Gasteiger partial charge in [-0.05, 0) is 35.0 Å². The van der Waals surface area contributed by atoms with Crippen LogP contribution in [-0.4, -0.2) is 16.7 Å². The van der Waals surface area contributed by atoms with Crippen LogP contribution in [0.4, 0.5) is 5.82 Å². The molecule has 0 saturated heterocycles.